The van der Waals surface area contributed by atoms with Crippen LogP contribution in [0.15, 0.2) is 60.7 Å². The number of rotatable bonds is 5. The fraction of sp³-hybridized carbons (Fsp3) is 0.0625. The SMILES string of the molecule is Nc1cccc(/C=C/C(=O)NOCc2ccccc2)c1. The molecule has 2 rings (SSSR count). The van der Waals surface area contributed by atoms with Gasteiger partial charge in [-0.15, -0.1) is 0 Å². The summed E-state index contributed by atoms with van der Waals surface area (Å²) in [6.45, 7) is 0.332. The molecule has 0 aliphatic carbocycles. The summed E-state index contributed by atoms with van der Waals surface area (Å²) in [6, 6.07) is 16.9. The van der Waals surface area contributed by atoms with Crippen LogP contribution in [0.4, 0.5) is 5.69 Å². The molecule has 0 aliphatic heterocycles. The van der Waals surface area contributed by atoms with Crippen LogP contribution in [-0.4, -0.2) is 5.91 Å². The average Bonchev–Trinajstić information content (AvgIpc) is 2.46. The Labute approximate surface area is 117 Å². The topological polar surface area (TPSA) is 64.4 Å². The Kier molecular flexibility index (Phi) is 4.92. The van der Waals surface area contributed by atoms with Gasteiger partial charge in [0.1, 0.15) is 0 Å². The third-order valence-corrected chi connectivity index (χ3v) is 2.59. The number of carbonyl (C=O) groups excluding carboxylic acids is 1. The number of nitrogens with one attached hydrogen (secondary N) is 1. The zero-order valence-electron chi connectivity index (χ0n) is 11.0. The second-order valence-electron chi connectivity index (χ2n) is 4.24. The molecule has 0 fully saturated rings. The number of anilines is 1. The monoisotopic (exact) mass is 268 g/mol. The van der Waals surface area contributed by atoms with Gasteiger partial charge in [0.2, 0.25) is 0 Å². The summed E-state index contributed by atoms with van der Waals surface area (Å²) in [5.74, 6) is -0.316. The summed E-state index contributed by atoms with van der Waals surface area (Å²) >= 11 is 0. The molecule has 0 spiro atoms. The third-order valence-electron chi connectivity index (χ3n) is 2.59. The van der Waals surface area contributed by atoms with Crippen LogP contribution in [-0.2, 0) is 16.2 Å². The van der Waals surface area contributed by atoms with E-state index in [9.17, 15) is 4.79 Å². The van der Waals surface area contributed by atoms with E-state index in [4.69, 9.17) is 10.6 Å². The molecule has 0 heterocycles. The molecule has 0 atom stereocenters. The van der Waals surface area contributed by atoms with Crippen molar-refractivity contribution in [3.05, 3.63) is 71.8 Å². The van der Waals surface area contributed by atoms with Crippen molar-refractivity contribution in [2.75, 3.05) is 5.73 Å². The van der Waals surface area contributed by atoms with Gasteiger partial charge in [0.25, 0.3) is 5.91 Å². The highest BCUT2D eigenvalue weighted by molar-refractivity contribution is 5.91. The summed E-state index contributed by atoms with van der Waals surface area (Å²) < 4.78 is 0. The number of hydroxylamine groups is 1. The van der Waals surface area contributed by atoms with Gasteiger partial charge in [0.15, 0.2) is 0 Å². The van der Waals surface area contributed by atoms with Gasteiger partial charge in [-0.25, -0.2) is 5.48 Å². The number of amides is 1. The molecule has 0 aromatic heterocycles. The molecule has 0 saturated heterocycles. The Morgan fingerprint density at radius 3 is 2.70 bits per heavy atom. The lowest BCUT2D eigenvalue weighted by Gasteiger charge is -2.03. The first kappa shape index (κ1) is 13.8. The Hall–Kier alpha value is -2.59. The first-order chi connectivity index (χ1) is 9.74. The molecule has 0 aliphatic rings. The average molecular weight is 268 g/mol. The van der Waals surface area contributed by atoms with Gasteiger partial charge >= 0.3 is 0 Å². The second kappa shape index (κ2) is 7.11. The van der Waals surface area contributed by atoms with Crippen molar-refractivity contribution in [3.63, 3.8) is 0 Å². The molecule has 2 aromatic carbocycles. The largest absolute Gasteiger partial charge is 0.399 e. The van der Waals surface area contributed by atoms with Crippen LogP contribution < -0.4 is 11.2 Å². The van der Waals surface area contributed by atoms with E-state index in [0.29, 0.717) is 12.3 Å². The molecule has 3 N–H and O–H groups in total. The highest BCUT2D eigenvalue weighted by Crippen LogP contribution is 2.07. The van der Waals surface area contributed by atoms with Crippen LogP contribution in [0.3, 0.4) is 0 Å². The van der Waals surface area contributed by atoms with E-state index in [2.05, 4.69) is 5.48 Å². The minimum absolute atomic E-state index is 0.316. The lowest BCUT2D eigenvalue weighted by molar-refractivity contribution is -0.129. The summed E-state index contributed by atoms with van der Waals surface area (Å²) in [5, 5.41) is 0. The van der Waals surface area contributed by atoms with Gasteiger partial charge in [-0.1, -0.05) is 42.5 Å². The van der Waals surface area contributed by atoms with Crippen molar-refractivity contribution >= 4 is 17.7 Å². The molecule has 0 radical (unpaired) electrons. The summed E-state index contributed by atoms with van der Waals surface area (Å²) in [4.78, 5) is 16.7. The Balaban J connectivity index is 1.78. The van der Waals surface area contributed by atoms with Crippen LogP contribution in [0.2, 0.25) is 0 Å². The maximum atomic E-state index is 11.5. The fourth-order valence-electron chi connectivity index (χ4n) is 1.63. The molecular formula is C16H16N2O2. The lowest BCUT2D eigenvalue weighted by Crippen LogP contribution is -2.21. The van der Waals surface area contributed by atoms with Crippen molar-refractivity contribution in [1.82, 2.24) is 5.48 Å². The van der Waals surface area contributed by atoms with Crippen molar-refractivity contribution in [2.24, 2.45) is 0 Å². The maximum absolute atomic E-state index is 11.5. The van der Waals surface area contributed by atoms with Crippen LogP contribution in [0.25, 0.3) is 6.08 Å². The molecule has 4 nitrogen and oxygen atoms in total. The highest BCUT2D eigenvalue weighted by Gasteiger charge is 1.96. The molecular weight excluding hydrogens is 252 g/mol. The quantitative estimate of drug-likeness (QED) is 0.497. The highest BCUT2D eigenvalue weighted by atomic mass is 16.6. The first-order valence-corrected chi connectivity index (χ1v) is 6.23. The van der Waals surface area contributed by atoms with E-state index in [0.717, 1.165) is 11.1 Å². The predicted octanol–water partition coefficient (Wildman–Crippen LogP) is 2.53. The summed E-state index contributed by atoms with van der Waals surface area (Å²) in [6.07, 6.45) is 3.08. The maximum Gasteiger partial charge on any atom is 0.267 e. The number of nitrogens with two attached hydrogens (primary N) is 1. The smallest absolute Gasteiger partial charge is 0.267 e. The van der Waals surface area contributed by atoms with E-state index in [-0.39, 0.29) is 5.91 Å². The van der Waals surface area contributed by atoms with Crippen molar-refractivity contribution in [1.29, 1.82) is 0 Å². The van der Waals surface area contributed by atoms with Gasteiger partial charge in [0, 0.05) is 11.8 Å². The van der Waals surface area contributed by atoms with E-state index in [1.165, 1.54) is 6.08 Å². The van der Waals surface area contributed by atoms with Gasteiger partial charge in [-0.2, -0.15) is 0 Å². The predicted molar refractivity (Wildman–Crippen MR) is 79.3 cm³/mol. The van der Waals surface area contributed by atoms with Crippen molar-refractivity contribution in [2.45, 2.75) is 6.61 Å². The number of carbonyl (C=O) groups is 1. The molecule has 20 heavy (non-hydrogen) atoms. The molecule has 102 valence electrons. The zero-order chi connectivity index (χ0) is 14.2. The molecule has 0 unspecified atom stereocenters. The number of hydrogen-bond acceptors (Lipinski definition) is 3. The van der Waals surface area contributed by atoms with Crippen LogP contribution in [0, 0.1) is 0 Å². The first-order valence-electron chi connectivity index (χ1n) is 6.23. The van der Waals surface area contributed by atoms with Crippen LogP contribution in [0.5, 0.6) is 0 Å². The van der Waals surface area contributed by atoms with Crippen molar-refractivity contribution in [3.8, 4) is 0 Å². The zero-order valence-corrected chi connectivity index (χ0v) is 11.0. The second-order valence-corrected chi connectivity index (χ2v) is 4.24. The Morgan fingerprint density at radius 2 is 1.95 bits per heavy atom. The molecule has 2 aromatic rings. The summed E-state index contributed by atoms with van der Waals surface area (Å²) in [7, 11) is 0. The Morgan fingerprint density at radius 1 is 1.15 bits per heavy atom. The van der Waals surface area contributed by atoms with Gasteiger partial charge in [-0.3, -0.25) is 9.63 Å². The number of nitrogen functional groups attached to an aromatic ring is 1. The van der Waals surface area contributed by atoms with Crippen molar-refractivity contribution < 1.29 is 9.63 Å². The molecule has 0 saturated carbocycles. The van der Waals surface area contributed by atoms with E-state index in [1.807, 2.05) is 42.5 Å². The number of benzene rings is 2. The van der Waals surface area contributed by atoms with E-state index < -0.39 is 0 Å². The lowest BCUT2D eigenvalue weighted by atomic mass is 10.2. The van der Waals surface area contributed by atoms with E-state index >= 15 is 0 Å². The van der Waals surface area contributed by atoms with E-state index in [1.54, 1.807) is 18.2 Å². The van der Waals surface area contributed by atoms with Gasteiger partial charge in [0.05, 0.1) is 6.61 Å². The van der Waals surface area contributed by atoms with Gasteiger partial charge < -0.3 is 5.73 Å². The van der Waals surface area contributed by atoms with Gasteiger partial charge in [-0.05, 0) is 29.3 Å². The minimum atomic E-state index is -0.316. The Bertz CT molecular complexity index is 594. The third kappa shape index (κ3) is 4.59. The molecule has 1 amide bonds. The van der Waals surface area contributed by atoms with Crippen LogP contribution >= 0.6 is 0 Å². The molecule has 4 heteroatoms. The fourth-order valence-corrected chi connectivity index (χ4v) is 1.63. The molecule has 0 bridgehead atoms. The standard InChI is InChI=1S/C16H16N2O2/c17-15-8-4-7-13(11-15)9-10-16(19)18-20-12-14-5-2-1-3-6-14/h1-11H,12,17H2,(H,18,19)/b10-9+. The van der Waals surface area contributed by atoms with Crippen LogP contribution in [0.1, 0.15) is 11.1 Å². The minimum Gasteiger partial charge on any atom is -0.399 e. The normalized spacial score (nSPS) is 10.6. The summed E-state index contributed by atoms with van der Waals surface area (Å²) in [5.41, 5.74) is 10.5. The number of hydrogen-bond donors (Lipinski definition) is 2.